The Morgan fingerprint density at radius 3 is 2.45 bits per heavy atom. The number of carbonyl (C=O) groups excluding carboxylic acids is 1. The van der Waals surface area contributed by atoms with Crippen LogP contribution in [0.15, 0.2) is 24.3 Å². The van der Waals surface area contributed by atoms with Gasteiger partial charge in [0.25, 0.3) is 0 Å². The Hall–Kier alpha value is -2.24. The molecule has 0 saturated carbocycles. The van der Waals surface area contributed by atoms with Crippen molar-refractivity contribution in [2.45, 2.75) is 19.9 Å². The summed E-state index contributed by atoms with van der Waals surface area (Å²) in [4.78, 5) is 26.1. The Labute approximate surface area is 119 Å². The minimum atomic E-state index is -1.03. The number of hydrogen-bond donors (Lipinski definition) is 2. The van der Waals surface area contributed by atoms with Crippen LogP contribution in [0.25, 0.3) is 0 Å². The van der Waals surface area contributed by atoms with Gasteiger partial charge in [-0.2, -0.15) is 0 Å². The van der Waals surface area contributed by atoms with Gasteiger partial charge >= 0.3 is 12.0 Å². The lowest BCUT2D eigenvalue weighted by Crippen LogP contribution is -2.43. The van der Waals surface area contributed by atoms with Gasteiger partial charge in [0, 0.05) is 31.5 Å². The Balaban J connectivity index is 2.82. The Morgan fingerprint density at radius 1 is 1.30 bits per heavy atom. The number of aliphatic carboxylic acids is 1. The summed E-state index contributed by atoms with van der Waals surface area (Å²) in [7, 11) is 3.82. The molecular weight excluding hydrogens is 258 g/mol. The number of carbonyl (C=O) groups is 2. The Kier molecular flexibility index (Phi) is 5.37. The predicted molar refractivity (Wildman–Crippen MR) is 79.3 cm³/mol. The molecule has 20 heavy (non-hydrogen) atoms. The van der Waals surface area contributed by atoms with Crippen molar-refractivity contribution in [1.29, 1.82) is 0 Å². The summed E-state index contributed by atoms with van der Waals surface area (Å²) >= 11 is 0. The smallest absolute Gasteiger partial charge is 0.323 e. The normalized spacial score (nSPS) is 10.2. The number of rotatable bonds is 5. The number of urea groups is 1. The van der Waals surface area contributed by atoms with Crippen LogP contribution in [0.3, 0.4) is 0 Å². The van der Waals surface area contributed by atoms with E-state index in [2.05, 4.69) is 5.32 Å². The fourth-order valence-corrected chi connectivity index (χ4v) is 1.69. The van der Waals surface area contributed by atoms with Crippen molar-refractivity contribution >= 4 is 23.4 Å². The molecule has 0 saturated heterocycles. The third-order valence-electron chi connectivity index (χ3n) is 2.80. The highest BCUT2D eigenvalue weighted by Crippen LogP contribution is 2.18. The maximum absolute atomic E-state index is 12.1. The number of carboxylic acid groups (broad SMARTS) is 1. The number of nitrogens with zero attached hydrogens (tertiary/aromatic N) is 2. The molecule has 0 unspecified atom stereocenters. The van der Waals surface area contributed by atoms with Crippen LogP contribution >= 0.6 is 0 Å². The fraction of sp³-hybridized carbons (Fsp3) is 0.429. The average Bonchev–Trinajstić information content (AvgIpc) is 2.35. The van der Waals surface area contributed by atoms with Gasteiger partial charge in [-0.25, -0.2) is 4.79 Å². The van der Waals surface area contributed by atoms with Crippen LogP contribution in [0.2, 0.25) is 0 Å². The summed E-state index contributed by atoms with van der Waals surface area (Å²) in [5, 5.41) is 11.6. The third-order valence-corrected chi connectivity index (χ3v) is 2.80. The zero-order valence-corrected chi connectivity index (χ0v) is 12.3. The lowest BCUT2D eigenvalue weighted by Gasteiger charge is -2.25. The van der Waals surface area contributed by atoms with E-state index < -0.39 is 12.0 Å². The molecule has 6 nitrogen and oxygen atoms in total. The highest BCUT2D eigenvalue weighted by atomic mass is 16.4. The number of hydrogen-bond acceptors (Lipinski definition) is 3. The van der Waals surface area contributed by atoms with Gasteiger partial charge in [-0.1, -0.05) is 6.07 Å². The van der Waals surface area contributed by atoms with Crippen LogP contribution in [0.4, 0.5) is 16.2 Å². The molecule has 2 N–H and O–H groups in total. The minimum absolute atomic E-state index is 0.192. The first-order valence-corrected chi connectivity index (χ1v) is 6.38. The largest absolute Gasteiger partial charge is 0.480 e. The molecule has 0 aliphatic rings. The van der Waals surface area contributed by atoms with E-state index in [1.807, 2.05) is 37.2 Å². The zero-order chi connectivity index (χ0) is 15.3. The SMILES string of the molecule is CC(C)N(CC(=O)O)C(=O)Nc1cccc(N(C)C)c1. The van der Waals surface area contributed by atoms with Crippen LogP contribution < -0.4 is 10.2 Å². The van der Waals surface area contributed by atoms with Gasteiger partial charge < -0.3 is 20.2 Å². The molecule has 110 valence electrons. The predicted octanol–water partition coefficient (Wildman–Crippen LogP) is 2.08. The molecule has 0 radical (unpaired) electrons. The van der Waals surface area contributed by atoms with Gasteiger partial charge in [0.2, 0.25) is 0 Å². The van der Waals surface area contributed by atoms with E-state index in [1.165, 1.54) is 4.90 Å². The monoisotopic (exact) mass is 279 g/mol. The number of anilines is 2. The lowest BCUT2D eigenvalue weighted by molar-refractivity contribution is -0.137. The first kappa shape index (κ1) is 15.8. The molecule has 0 aliphatic heterocycles. The Bertz CT molecular complexity index is 486. The molecule has 0 aliphatic carbocycles. The molecule has 0 spiro atoms. The van der Waals surface area contributed by atoms with Crippen LogP contribution in [0.1, 0.15) is 13.8 Å². The molecular formula is C14H21N3O3. The summed E-state index contributed by atoms with van der Waals surface area (Å²) < 4.78 is 0. The number of benzene rings is 1. The highest BCUT2D eigenvalue weighted by molar-refractivity contribution is 5.92. The average molecular weight is 279 g/mol. The zero-order valence-electron chi connectivity index (χ0n) is 12.3. The number of nitrogens with one attached hydrogen (secondary N) is 1. The molecule has 0 fully saturated rings. The van der Waals surface area contributed by atoms with Crippen molar-refractivity contribution in [2.75, 3.05) is 30.9 Å². The molecule has 0 bridgehead atoms. The van der Waals surface area contributed by atoms with Crippen LogP contribution in [-0.2, 0) is 4.79 Å². The molecule has 2 amide bonds. The second kappa shape index (κ2) is 6.79. The van der Waals surface area contributed by atoms with E-state index in [0.717, 1.165) is 5.69 Å². The third kappa shape index (κ3) is 4.46. The van der Waals surface area contributed by atoms with Crippen molar-refractivity contribution < 1.29 is 14.7 Å². The van der Waals surface area contributed by atoms with E-state index >= 15 is 0 Å². The number of amides is 2. The second-order valence-electron chi connectivity index (χ2n) is 4.99. The molecule has 1 aromatic rings. The van der Waals surface area contributed by atoms with Gasteiger partial charge in [0.1, 0.15) is 6.54 Å². The molecule has 0 heterocycles. The van der Waals surface area contributed by atoms with Gasteiger partial charge in [0.05, 0.1) is 0 Å². The van der Waals surface area contributed by atoms with E-state index in [1.54, 1.807) is 19.9 Å². The molecule has 6 heteroatoms. The maximum atomic E-state index is 12.1. The van der Waals surface area contributed by atoms with Crippen molar-refractivity contribution in [3.63, 3.8) is 0 Å². The van der Waals surface area contributed by atoms with Gasteiger partial charge in [-0.15, -0.1) is 0 Å². The van der Waals surface area contributed by atoms with E-state index in [9.17, 15) is 9.59 Å². The van der Waals surface area contributed by atoms with Crippen LogP contribution in [0, 0.1) is 0 Å². The van der Waals surface area contributed by atoms with Crippen molar-refractivity contribution in [3.05, 3.63) is 24.3 Å². The lowest BCUT2D eigenvalue weighted by atomic mass is 10.2. The summed E-state index contributed by atoms with van der Waals surface area (Å²) in [5.74, 6) is -1.03. The summed E-state index contributed by atoms with van der Waals surface area (Å²) in [6.07, 6.45) is 0. The van der Waals surface area contributed by atoms with E-state index in [4.69, 9.17) is 5.11 Å². The highest BCUT2D eigenvalue weighted by Gasteiger charge is 2.19. The molecule has 0 atom stereocenters. The van der Waals surface area contributed by atoms with Gasteiger partial charge in [-0.05, 0) is 32.0 Å². The van der Waals surface area contributed by atoms with Crippen molar-refractivity contribution in [1.82, 2.24) is 4.90 Å². The molecule has 0 aromatic heterocycles. The summed E-state index contributed by atoms with van der Waals surface area (Å²) in [6.45, 7) is 3.23. The molecule has 1 rings (SSSR count). The first-order chi connectivity index (χ1) is 9.31. The summed E-state index contributed by atoms with van der Waals surface area (Å²) in [6, 6.07) is 6.75. The second-order valence-corrected chi connectivity index (χ2v) is 4.99. The first-order valence-electron chi connectivity index (χ1n) is 6.38. The molecule has 1 aromatic carbocycles. The van der Waals surface area contributed by atoms with Gasteiger partial charge in [0.15, 0.2) is 0 Å². The van der Waals surface area contributed by atoms with Crippen LogP contribution in [-0.4, -0.2) is 48.7 Å². The standard InChI is InChI=1S/C14H21N3O3/c1-10(2)17(9-13(18)19)14(20)15-11-6-5-7-12(8-11)16(3)4/h5-8,10H,9H2,1-4H3,(H,15,20)(H,18,19). The van der Waals surface area contributed by atoms with Crippen LogP contribution in [0.5, 0.6) is 0 Å². The van der Waals surface area contributed by atoms with Crippen molar-refractivity contribution in [2.24, 2.45) is 0 Å². The summed E-state index contributed by atoms with van der Waals surface area (Å²) in [5.41, 5.74) is 1.59. The topological polar surface area (TPSA) is 72.9 Å². The fourth-order valence-electron chi connectivity index (χ4n) is 1.69. The van der Waals surface area contributed by atoms with Crippen molar-refractivity contribution in [3.8, 4) is 0 Å². The number of carboxylic acids is 1. The van der Waals surface area contributed by atoms with Gasteiger partial charge in [-0.3, -0.25) is 4.79 Å². The van der Waals surface area contributed by atoms with E-state index in [-0.39, 0.29) is 12.6 Å². The maximum Gasteiger partial charge on any atom is 0.323 e. The Morgan fingerprint density at radius 2 is 1.95 bits per heavy atom. The minimum Gasteiger partial charge on any atom is -0.480 e. The quantitative estimate of drug-likeness (QED) is 0.865. The van der Waals surface area contributed by atoms with E-state index in [0.29, 0.717) is 5.69 Å².